The summed E-state index contributed by atoms with van der Waals surface area (Å²) in [5, 5.41) is 2.92. The topological polar surface area (TPSA) is 101 Å². The van der Waals surface area contributed by atoms with E-state index in [0.29, 0.717) is 63.1 Å². The SMILES string of the molecule is CCCOc1ncccc1CNC(=O)c1cc(S(=O)(=O)N(CC)CC)ccc1N1CCOCC1. The van der Waals surface area contributed by atoms with Crippen molar-refractivity contribution in [3.8, 4) is 5.88 Å². The molecule has 1 amide bonds. The Morgan fingerprint density at radius 2 is 1.91 bits per heavy atom. The second kappa shape index (κ2) is 12.1. The first-order valence-corrected chi connectivity index (χ1v) is 13.2. The van der Waals surface area contributed by atoms with Crippen molar-refractivity contribution < 1.29 is 22.7 Å². The molecule has 1 aromatic heterocycles. The molecule has 1 aliphatic heterocycles. The van der Waals surface area contributed by atoms with Crippen LogP contribution in [0, 0.1) is 0 Å². The fourth-order valence-electron chi connectivity index (χ4n) is 3.81. The van der Waals surface area contributed by atoms with E-state index in [2.05, 4.69) is 10.3 Å². The van der Waals surface area contributed by atoms with Gasteiger partial charge in [0, 0.05) is 50.2 Å². The highest BCUT2D eigenvalue weighted by Gasteiger charge is 2.26. The smallest absolute Gasteiger partial charge is 0.253 e. The number of sulfonamides is 1. The number of carbonyl (C=O) groups excluding carboxylic acids is 1. The number of pyridine rings is 1. The lowest BCUT2D eigenvalue weighted by atomic mass is 10.1. The zero-order chi connectivity index (χ0) is 24.6. The number of rotatable bonds is 11. The summed E-state index contributed by atoms with van der Waals surface area (Å²) >= 11 is 0. The van der Waals surface area contributed by atoms with Crippen molar-refractivity contribution in [2.45, 2.75) is 38.6 Å². The molecule has 1 aliphatic rings. The number of morpholine rings is 1. The van der Waals surface area contributed by atoms with E-state index in [1.165, 1.54) is 10.4 Å². The number of nitrogens with zero attached hydrogens (tertiary/aromatic N) is 3. The minimum atomic E-state index is -3.71. The van der Waals surface area contributed by atoms with Gasteiger partial charge in [0.1, 0.15) is 0 Å². The Balaban J connectivity index is 1.91. The summed E-state index contributed by atoms with van der Waals surface area (Å²) in [6, 6.07) is 8.41. The summed E-state index contributed by atoms with van der Waals surface area (Å²) in [4.78, 5) is 19.8. The summed E-state index contributed by atoms with van der Waals surface area (Å²) < 4.78 is 38.7. The molecule has 0 bridgehead atoms. The molecule has 1 saturated heterocycles. The fourth-order valence-corrected chi connectivity index (χ4v) is 5.29. The number of hydrogen-bond donors (Lipinski definition) is 1. The second-order valence-corrected chi connectivity index (χ2v) is 9.80. The monoisotopic (exact) mass is 490 g/mol. The lowest BCUT2D eigenvalue weighted by molar-refractivity contribution is 0.0949. The standard InChI is InChI=1S/C24H34N4O5S/c1-4-14-33-24-19(8-7-11-25-24)18-26-23(29)21-17-20(34(30,31)28(5-2)6-3)9-10-22(21)27-12-15-32-16-13-27/h7-11,17H,4-6,12-16,18H2,1-3H3,(H,26,29). The van der Waals surface area contributed by atoms with Crippen molar-refractivity contribution in [3.63, 3.8) is 0 Å². The van der Waals surface area contributed by atoms with E-state index in [1.54, 1.807) is 38.2 Å². The van der Waals surface area contributed by atoms with Gasteiger partial charge in [-0.15, -0.1) is 0 Å². The number of aromatic nitrogens is 1. The maximum atomic E-state index is 13.4. The van der Waals surface area contributed by atoms with Crippen LogP contribution in [0.4, 0.5) is 5.69 Å². The van der Waals surface area contributed by atoms with Crippen molar-refractivity contribution in [1.82, 2.24) is 14.6 Å². The van der Waals surface area contributed by atoms with Crippen molar-refractivity contribution in [1.29, 1.82) is 0 Å². The third kappa shape index (κ3) is 6.05. The summed E-state index contributed by atoms with van der Waals surface area (Å²) in [6.07, 6.45) is 2.49. The van der Waals surface area contributed by atoms with Crippen LogP contribution in [0.15, 0.2) is 41.4 Å². The number of anilines is 1. The third-order valence-electron chi connectivity index (χ3n) is 5.64. The van der Waals surface area contributed by atoms with Gasteiger partial charge in [0.2, 0.25) is 15.9 Å². The molecule has 2 heterocycles. The summed E-state index contributed by atoms with van der Waals surface area (Å²) in [7, 11) is -3.71. The number of carbonyl (C=O) groups is 1. The molecule has 186 valence electrons. The average Bonchev–Trinajstić information content (AvgIpc) is 2.87. The van der Waals surface area contributed by atoms with Gasteiger partial charge in [0.05, 0.1) is 30.3 Å². The number of benzene rings is 1. The van der Waals surface area contributed by atoms with Gasteiger partial charge in [-0.05, 0) is 30.7 Å². The molecule has 9 nitrogen and oxygen atoms in total. The van der Waals surface area contributed by atoms with E-state index in [4.69, 9.17) is 9.47 Å². The molecule has 0 saturated carbocycles. The van der Waals surface area contributed by atoms with Crippen molar-refractivity contribution in [2.75, 3.05) is 50.9 Å². The predicted octanol–water partition coefficient (Wildman–Crippen LogP) is 2.67. The van der Waals surface area contributed by atoms with Crippen LogP contribution in [0.2, 0.25) is 0 Å². The molecule has 0 radical (unpaired) electrons. The van der Waals surface area contributed by atoms with Crippen LogP contribution in [-0.2, 0) is 21.3 Å². The zero-order valence-electron chi connectivity index (χ0n) is 20.1. The minimum Gasteiger partial charge on any atom is -0.477 e. The predicted molar refractivity (Wildman–Crippen MR) is 131 cm³/mol. The average molecular weight is 491 g/mol. The van der Waals surface area contributed by atoms with Crippen molar-refractivity contribution >= 4 is 21.6 Å². The van der Waals surface area contributed by atoms with Crippen molar-refractivity contribution in [2.24, 2.45) is 0 Å². The molecule has 1 fully saturated rings. The highest BCUT2D eigenvalue weighted by atomic mass is 32.2. The highest BCUT2D eigenvalue weighted by molar-refractivity contribution is 7.89. The van der Waals surface area contributed by atoms with Crippen LogP contribution in [0.3, 0.4) is 0 Å². The van der Waals surface area contributed by atoms with E-state index in [9.17, 15) is 13.2 Å². The molecule has 0 atom stereocenters. The minimum absolute atomic E-state index is 0.103. The summed E-state index contributed by atoms with van der Waals surface area (Å²) in [5.41, 5.74) is 1.76. The van der Waals surface area contributed by atoms with Gasteiger partial charge < -0.3 is 19.7 Å². The lowest BCUT2D eigenvalue weighted by Gasteiger charge is -2.30. The largest absolute Gasteiger partial charge is 0.477 e. The van der Waals surface area contributed by atoms with Crippen LogP contribution >= 0.6 is 0 Å². The van der Waals surface area contributed by atoms with Crippen LogP contribution in [0.1, 0.15) is 43.1 Å². The number of hydrogen-bond acceptors (Lipinski definition) is 7. The normalized spacial score (nSPS) is 14.3. The second-order valence-electron chi connectivity index (χ2n) is 7.87. The Hall–Kier alpha value is -2.69. The van der Waals surface area contributed by atoms with Crippen LogP contribution in [-0.4, -0.2) is 69.6 Å². The van der Waals surface area contributed by atoms with Gasteiger partial charge in [-0.25, -0.2) is 13.4 Å². The third-order valence-corrected chi connectivity index (χ3v) is 7.69. The van der Waals surface area contributed by atoms with E-state index in [1.807, 2.05) is 17.9 Å². The quantitative estimate of drug-likeness (QED) is 0.517. The molecule has 1 N–H and O–H groups in total. The molecule has 1 aromatic carbocycles. The fraction of sp³-hybridized carbons (Fsp3) is 0.500. The number of amides is 1. The molecule has 2 aromatic rings. The van der Waals surface area contributed by atoms with Crippen LogP contribution in [0.25, 0.3) is 0 Å². The highest BCUT2D eigenvalue weighted by Crippen LogP contribution is 2.27. The molecular weight excluding hydrogens is 456 g/mol. The van der Waals surface area contributed by atoms with Gasteiger partial charge in [-0.2, -0.15) is 4.31 Å². The van der Waals surface area contributed by atoms with E-state index >= 15 is 0 Å². The first-order valence-electron chi connectivity index (χ1n) is 11.7. The Morgan fingerprint density at radius 3 is 2.59 bits per heavy atom. The zero-order valence-corrected chi connectivity index (χ0v) is 20.9. The van der Waals surface area contributed by atoms with E-state index in [0.717, 1.165) is 12.0 Å². The molecular formula is C24H34N4O5S. The summed E-state index contributed by atoms with van der Waals surface area (Å²) in [5.74, 6) is 0.124. The first-order chi connectivity index (χ1) is 16.4. The molecule has 3 rings (SSSR count). The Kier molecular flexibility index (Phi) is 9.26. The Labute approximate surface area is 202 Å². The number of ether oxygens (including phenoxy) is 2. The molecule has 34 heavy (non-hydrogen) atoms. The van der Waals surface area contributed by atoms with Gasteiger partial charge in [0.25, 0.3) is 5.91 Å². The molecule has 0 unspecified atom stereocenters. The molecule has 0 aliphatic carbocycles. The molecule has 0 spiro atoms. The van der Waals surface area contributed by atoms with Gasteiger partial charge >= 0.3 is 0 Å². The van der Waals surface area contributed by atoms with Crippen LogP contribution in [0.5, 0.6) is 5.88 Å². The maximum Gasteiger partial charge on any atom is 0.253 e. The summed E-state index contributed by atoms with van der Waals surface area (Å²) in [6.45, 7) is 9.40. The Morgan fingerprint density at radius 1 is 1.18 bits per heavy atom. The first kappa shape index (κ1) is 25.9. The van der Waals surface area contributed by atoms with E-state index < -0.39 is 10.0 Å². The lowest BCUT2D eigenvalue weighted by Crippen LogP contribution is -2.38. The molecule has 10 heteroatoms. The van der Waals surface area contributed by atoms with Gasteiger partial charge in [0.15, 0.2) is 0 Å². The van der Waals surface area contributed by atoms with Gasteiger partial charge in [-0.3, -0.25) is 4.79 Å². The van der Waals surface area contributed by atoms with Gasteiger partial charge in [-0.1, -0.05) is 26.8 Å². The van der Waals surface area contributed by atoms with Crippen molar-refractivity contribution in [3.05, 3.63) is 47.7 Å². The maximum absolute atomic E-state index is 13.4. The van der Waals surface area contributed by atoms with Crippen LogP contribution < -0.4 is 15.0 Å². The Bertz CT molecular complexity index is 1070. The van der Waals surface area contributed by atoms with E-state index in [-0.39, 0.29) is 17.3 Å². The number of nitrogens with one attached hydrogen (secondary N) is 1.